The van der Waals surface area contributed by atoms with Crippen LogP contribution >= 0.6 is 0 Å². The Morgan fingerprint density at radius 2 is 1.90 bits per heavy atom. The van der Waals surface area contributed by atoms with E-state index in [1.807, 2.05) is 36.4 Å². The molecule has 2 aliphatic rings. The number of hydrogen-bond donors (Lipinski definition) is 1. The number of rotatable bonds is 9. The Morgan fingerprint density at radius 3 is 2.59 bits per heavy atom. The van der Waals surface area contributed by atoms with Crippen LogP contribution in [0.25, 0.3) is 0 Å². The Labute approximate surface area is 173 Å². The number of nitrogens with zero attached hydrogens (tertiary/aromatic N) is 1. The number of ether oxygens (including phenoxy) is 3. The average molecular weight is 397 g/mol. The monoisotopic (exact) mass is 396 g/mol. The number of methoxy groups -OCH3 is 1. The number of aliphatic hydroxyl groups excluding tert-OH is 1. The smallest absolute Gasteiger partial charge is 0.161 e. The van der Waals surface area contributed by atoms with Crippen molar-refractivity contribution in [3.05, 3.63) is 59.7 Å². The van der Waals surface area contributed by atoms with E-state index in [-0.39, 0.29) is 18.8 Å². The third-order valence-corrected chi connectivity index (χ3v) is 6.17. The lowest BCUT2D eigenvalue weighted by Crippen LogP contribution is -2.39. The van der Waals surface area contributed by atoms with Gasteiger partial charge in [-0.15, -0.1) is 0 Å². The molecule has 1 radical (unpaired) electrons. The predicted octanol–water partition coefficient (Wildman–Crippen LogP) is 3.73. The summed E-state index contributed by atoms with van der Waals surface area (Å²) in [5.74, 6) is 2.24. The Kier molecular flexibility index (Phi) is 6.09. The molecule has 3 atom stereocenters. The maximum Gasteiger partial charge on any atom is 0.161 e. The lowest BCUT2D eigenvalue weighted by Gasteiger charge is -2.34. The predicted molar refractivity (Wildman–Crippen MR) is 111 cm³/mol. The highest BCUT2D eigenvalue weighted by Crippen LogP contribution is 2.46. The minimum Gasteiger partial charge on any atom is -0.493 e. The van der Waals surface area contributed by atoms with Gasteiger partial charge in [-0.05, 0) is 42.0 Å². The van der Waals surface area contributed by atoms with Crippen LogP contribution in [0, 0.1) is 11.3 Å². The van der Waals surface area contributed by atoms with Crippen molar-refractivity contribution in [2.24, 2.45) is 11.3 Å². The molecule has 1 heterocycles. The zero-order chi connectivity index (χ0) is 20.3. The van der Waals surface area contributed by atoms with E-state index in [1.54, 1.807) is 7.11 Å². The van der Waals surface area contributed by atoms with Crippen molar-refractivity contribution < 1.29 is 19.3 Å². The fourth-order valence-electron chi connectivity index (χ4n) is 3.97. The quantitative estimate of drug-likeness (QED) is 0.702. The Hall–Kier alpha value is -2.08. The van der Waals surface area contributed by atoms with Gasteiger partial charge in [0.15, 0.2) is 11.5 Å². The maximum atomic E-state index is 10.3. The zero-order valence-electron chi connectivity index (χ0n) is 17.2. The molecule has 0 spiro atoms. The van der Waals surface area contributed by atoms with Gasteiger partial charge < -0.3 is 19.3 Å². The van der Waals surface area contributed by atoms with E-state index in [1.165, 1.54) is 12.8 Å². The van der Waals surface area contributed by atoms with E-state index in [4.69, 9.17) is 19.5 Å². The van der Waals surface area contributed by atoms with Gasteiger partial charge >= 0.3 is 0 Å². The summed E-state index contributed by atoms with van der Waals surface area (Å²) in [4.78, 5) is 0. The molecule has 1 unspecified atom stereocenters. The fraction of sp³-hybridized carbons (Fsp3) is 0.500. The lowest BCUT2D eigenvalue weighted by molar-refractivity contribution is -0.0644. The van der Waals surface area contributed by atoms with Crippen molar-refractivity contribution in [3.8, 4) is 11.5 Å². The van der Waals surface area contributed by atoms with Gasteiger partial charge in [0.2, 0.25) is 0 Å². The number of benzene rings is 2. The van der Waals surface area contributed by atoms with Gasteiger partial charge in [0, 0.05) is 17.9 Å². The van der Waals surface area contributed by atoms with Crippen molar-refractivity contribution in [1.82, 2.24) is 5.32 Å². The van der Waals surface area contributed by atoms with Gasteiger partial charge in [-0.3, -0.25) is 0 Å². The van der Waals surface area contributed by atoms with Crippen LogP contribution in [0.15, 0.2) is 48.5 Å². The van der Waals surface area contributed by atoms with Crippen molar-refractivity contribution in [2.45, 2.75) is 38.5 Å². The molecular weight excluding hydrogens is 366 g/mol. The Morgan fingerprint density at radius 1 is 1.10 bits per heavy atom. The van der Waals surface area contributed by atoms with Crippen LogP contribution in [0.4, 0.5) is 0 Å². The van der Waals surface area contributed by atoms with Crippen molar-refractivity contribution in [2.75, 3.05) is 26.9 Å². The third-order valence-electron chi connectivity index (χ3n) is 6.17. The molecule has 1 aliphatic carbocycles. The summed E-state index contributed by atoms with van der Waals surface area (Å²) < 4.78 is 17.6. The van der Waals surface area contributed by atoms with Gasteiger partial charge in [0.05, 0.1) is 26.9 Å². The minimum absolute atomic E-state index is 0.00488. The SMILES string of the molecule is COc1ccc([C@@H]2C[N]C(OCc3ccccc3)[C@]2(C)CO)cc1OCC1CC1. The Bertz CT molecular complexity index is 808. The summed E-state index contributed by atoms with van der Waals surface area (Å²) >= 11 is 0. The fourth-order valence-corrected chi connectivity index (χ4v) is 3.97. The van der Waals surface area contributed by atoms with E-state index in [9.17, 15) is 5.11 Å². The highest BCUT2D eigenvalue weighted by Gasteiger charge is 2.49. The molecule has 29 heavy (non-hydrogen) atoms. The Balaban J connectivity index is 1.50. The van der Waals surface area contributed by atoms with Crippen LogP contribution in [-0.4, -0.2) is 38.2 Å². The molecule has 1 saturated heterocycles. The van der Waals surface area contributed by atoms with Crippen LogP contribution < -0.4 is 14.8 Å². The first-order valence-corrected chi connectivity index (χ1v) is 10.4. The summed E-state index contributed by atoms with van der Waals surface area (Å²) in [6, 6.07) is 16.1. The molecule has 0 amide bonds. The van der Waals surface area contributed by atoms with Gasteiger partial charge in [-0.1, -0.05) is 43.3 Å². The highest BCUT2D eigenvalue weighted by molar-refractivity contribution is 5.45. The first kappa shape index (κ1) is 20.2. The molecule has 5 nitrogen and oxygen atoms in total. The molecule has 0 bridgehead atoms. The average Bonchev–Trinajstić information content (AvgIpc) is 3.53. The van der Waals surface area contributed by atoms with Gasteiger partial charge in [-0.25, -0.2) is 5.32 Å². The highest BCUT2D eigenvalue weighted by atomic mass is 16.5. The van der Waals surface area contributed by atoms with Crippen LogP contribution in [0.2, 0.25) is 0 Å². The molecule has 4 rings (SSSR count). The summed E-state index contributed by atoms with van der Waals surface area (Å²) in [6.07, 6.45) is 2.13. The van der Waals surface area contributed by atoms with E-state index in [0.29, 0.717) is 19.1 Å². The molecule has 155 valence electrons. The summed E-state index contributed by atoms with van der Waals surface area (Å²) in [5.41, 5.74) is 1.71. The second-order valence-corrected chi connectivity index (χ2v) is 8.40. The molecule has 1 N–H and O–H groups in total. The number of aliphatic hydroxyl groups is 1. The zero-order valence-corrected chi connectivity index (χ0v) is 17.2. The van der Waals surface area contributed by atoms with E-state index >= 15 is 0 Å². The molecule has 1 saturated carbocycles. The second kappa shape index (κ2) is 8.74. The molecular formula is C24H30NO4. The molecule has 2 fully saturated rings. The van der Waals surface area contributed by atoms with Gasteiger partial charge in [-0.2, -0.15) is 0 Å². The van der Waals surface area contributed by atoms with Gasteiger partial charge in [0.25, 0.3) is 0 Å². The summed E-state index contributed by atoms with van der Waals surface area (Å²) in [5, 5.41) is 15.0. The topological polar surface area (TPSA) is 62.0 Å². The number of hydrogen-bond acceptors (Lipinski definition) is 4. The van der Waals surface area contributed by atoms with E-state index in [2.05, 4.69) is 19.1 Å². The first-order chi connectivity index (χ1) is 14.1. The molecule has 2 aromatic carbocycles. The van der Waals surface area contributed by atoms with Crippen molar-refractivity contribution >= 4 is 0 Å². The van der Waals surface area contributed by atoms with Crippen molar-refractivity contribution in [1.29, 1.82) is 0 Å². The van der Waals surface area contributed by atoms with Crippen molar-refractivity contribution in [3.63, 3.8) is 0 Å². The van der Waals surface area contributed by atoms with Crippen LogP contribution in [0.3, 0.4) is 0 Å². The third kappa shape index (κ3) is 4.42. The standard InChI is InChI=1S/C24H30NO4/c1-24(16-26)20(13-25-23(24)29-15-17-6-4-3-5-7-17)19-10-11-21(27-2)22(12-19)28-14-18-8-9-18/h3-7,10-12,18,20,23,26H,8-9,13-16H2,1-2H3/t20-,23?,24+/m0/s1. The minimum atomic E-state index is -0.489. The van der Waals surface area contributed by atoms with Gasteiger partial charge in [0.1, 0.15) is 6.23 Å². The molecule has 2 aromatic rings. The van der Waals surface area contributed by atoms with Crippen LogP contribution in [-0.2, 0) is 11.3 Å². The van der Waals surface area contributed by atoms with E-state index < -0.39 is 5.41 Å². The largest absolute Gasteiger partial charge is 0.493 e. The molecule has 5 heteroatoms. The molecule has 1 aliphatic heterocycles. The summed E-state index contributed by atoms with van der Waals surface area (Å²) in [7, 11) is 1.66. The van der Waals surface area contributed by atoms with Crippen LogP contribution in [0.5, 0.6) is 11.5 Å². The normalized spacial score (nSPS) is 26.4. The van der Waals surface area contributed by atoms with E-state index in [0.717, 1.165) is 29.2 Å². The molecule has 0 aromatic heterocycles. The summed E-state index contributed by atoms with van der Waals surface area (Å²) in [6.45, 7) is 3.89. The lowest BCUT2D eigenvalue weighted by atomic mass is 9.75. The van der Waals surface area contributed by atoms with Crippen LogP contribution in [0.1, 0.15) is 36.8 Å². The maximum absolute atomic E-state index is 10.3. The second-order valence-electron chi connectivity index (χ2n) is 8.40. The first-order valence-electron chi connectivity index (χ1n) is 10.4.